The van der Waals surface area contributed by atoms with Crippen LogP contribution < -0.4 is 4.74 Å². The molecule has 0 unspecified atom stereocenters. The summed E-state index contributed by atoms with van der Waals surface area (Å²) in [7, 11) is 0. The lowest BCUT2D eigenvalue weighted by atomic mass is 9.85. The summed E-state index contributed by atoms with van der Waals surface area (Å²) < 4.78 is 5.99. The second kappa shape index (κ2) is 5.79. The molecule has 0 atom stereocenters. The average molecular weight is 300 g/mol. The second-order valence-electron chi connectivity index (χ2n) is 6.08. The molecule has 0 aromatic heterocycles. The van der Waals surface area contributed by atoms with E-state index in [2.05, 4.69) is 39.8 Å². The zero-order valence-electron chi connectivity index (χ0n) is 12.7. The molecule has 2 aromatic carbocycles. The van der Waals surface area contributed by atoms with E-state index < -0.39 is 0 Å². The van der Waals surface area contributed by atoms with Crippen LogP contribution in [-0.2, 0) is 5.41 Å². The Morgan fingerprint density at radius 3 is 2.43 bits per heavy atom. The van der Waals surface area contributed by atoms with Crippen molar-refractivity contribution in [2.75, 3.05) is 0 Å². The third-order valence-corrected chi connectivity index (χ3v) is 3.57. The van der Waals surface area contributed by atoms with E-state index in [-0.39, 0.29) is 5.41 Å². The Balaban J connectivity index is 2.51. The fourth-order valence-electron chi connectivity index (χ4n) is 2.14. The molecule has 2 nitrogen and oxygen atoms in total. The molecule has 0 bridgehead atoms. The van der Waals surface area contributed by atoms with E-state index in [4.69, 9.17) is 16.3 Å². The SMILES string of the molecule is Cc1ccc(Oc2cccc(Cl)c2C#N)c(C(C)(C)C)c1. The highest BCUT2D eigenvalue weighted by Gasteiger charge is 2.20. The lowest BCUT2D eigenvalue weighted by Gasteiger charge is -2.23. The van der Waals surface area contributed by atoms with Gasteiger partial charge in [-0.25, -0.2) is 0 Å². The highest BCUT2D eigenvalue weighted by Crippen LogP contribution is 2.37. The Morgan fingerprint density at radius 2 is 1.81 bits per heavy atom. The van der Waals surface area contributed by atoms with Crippen LogP contribution in [0.25, 0.3) is 0 Å². The van der Waals surface area contributed by atoms with Crippen molar-refractivity contribution >= 4 is 11.6 Å². The van der Waals surface area contributed by atoms with Crippen molar-refractivity contribution in [3.8, 4) is 17.6 Å². The second-order valence-corrected chi connectivity index (χ2v) is 6.48. The minimum Gasteiger partial charge on any atom is -0.456 e. The van der Waals surface area contributed by atoms with Gasteiger partial charge in [-0.1, -0.05) is 56.1 Å². The molecule has 21 heavy (non-hydrogen) atoms. The fourth-order valence-corrected chi connectivity index (χ4v) is 2.34. The Labute approximate surface area is 130 Å². The third-order valence-electron chi connectivity index (χ3n) is 3.25. The lowest BCUT2D eigenvalue weighted by Crippen LogP contribution is -2.13. The molecule has 108 valence electrons. The number of halogens is 1. The Morgan fingerprint density at radius 1 is 1.10 bits per heavy atom. The van der Waals surface area contributed by atoms with Crippen LogP contribution in [0.5, 0.6) is 11.5 Å². The highest BCUT2D eigenvalue weighted by atomic mass is 35.5. The Hall–Kier alpha value is -1.98. The maximum absolute atomic E-state index is 9.24. The topological polar surface area (TPSA) is 33.0 Å². The predicted molar refractivity (Wildman–Crippen MR) is 86.1 cm³/mol. The van der Waals surface area contributed by atoms with Gasteiger partial charge in [-0.05, 0) is 30.5 Å². The number of nitrogens with zero attached hydrogens (tertiary/aromatic N) is 1. The van der Waals surface area contributed by atoms with Crippen LogP contribution in [0.2, 0.25) is 5.02 Å². The normalized spacial score (nSPS) is 11.0. The van der Waals surface area contributed by atoms with E-state index >= 15 is 0 Å². The Bertz CT molecular complexity index is 708. The molecule has 0 heterocycles. The summed E-state index contributed by atoms with van der Waals surface area (Å²) in [5, 5.41) is 9.64. The maximum atomic E-state index is 9.24. The van der Waals surface area contributed by atoms with Crippen molar-refractivity contribution in [3.05, 3.63) is 58.1 Å². The number of nitriles is 1. The first kappa shape index (κ1) is 15.4. The standard InChI is InChI=1S/C18H18ClNO/c1-12-8-9-17(14(10-12)18(2,3)4)21-16-7-5-6-15(19)13(16)11-20/h5-10H,1-4H3. The van der Waals surface area contributed by atoms with Gasteiger partial charge < -0.3 is 4.74 Å². The first-order valence-corrected chi connectivity index (χ1v) is 7.18. The molecule has 0 radical (unpaired) electrons. The van der Waals surface area contributed by atoms with Gasteiger partial charge in [0.25, 0.3) is 0 Å². The average Bonchev–Trinajstić information content (AvgIpc) is 2.40. The number of benzene rings is 2. The molecule has 0 fully saturated rings. The van der Waals surface area contributed by atoms with Crippen molar-refractivity contribution < 1.29 is 4.74 Å². The minimum atomic E-state index is -0.0489. The van der Waals surface area contributed by atoms with Gasteiger partial charge in [0.1, 0.15) is 23.1 Å². The van der Waals surface area contributed by atoms with Crippen LogP contribution in [0.15, 0.2) is 36.4 Å². The number of ether oxygens (including phenoxy) is 1. The van der Waals surface area contributed by atoms with Gasteiger partial charge >= 0.3 is 0 Å². The molecule has 0 N–H and O–H groups in total. The van der Waals surface area contributed by atoms with Crippen LogP contribution >= 0.6 is 11.6 Å². The number of hydrogen-bond acceptors (Lipinski definition) is 2. The van der Waals surface area contributed by atoms with E-state index in [0.29, 0.717) is 16.3 Å². The zero-order valence-corrected chi connectivity index (χ0v) is 13.5. The predicted octanol–water partition coefficient (Wildman–Crippen LogP) is 5.61. The van der Waals surface area contributed by atoms with Crippen LogP contribution in [-0.4, -0.2) is 0 Å². The van der Waals surface area contributed by atoms with Crippen molar-refractivity contribution in [2.45, 2.75) is 33.1 Å². The number of rotatable bonds is 2. The van der Waals surface area contributed by atoms with E-state index in [1.165, 1.54) is 5.56 Å². The Kier molecular flexibility index (Phi) is 4.25. The van der Waals surface area contributed by atoms with Gasteiger partial charge in [-0.15, -0.1) is 0 Å². The first-order valence-electron chi connectivity index (χ1n) is 6.80. The summed E-state index contributed by atoms with van der Waals surface area (Å²) in [5.41, 5.74) is 2.59. The molecule has 0 aliphatic rings. The molecular weight excluding hydrogens is 282 g/mol. The van der Waals surface area contributed by atoms with Crippen LogP contribution in [0.1, 0.15) is 37.5 Å². The molecule has 2 aromatic rings. The van der Waals surface area contributed by atoms with Crippen LogP contribution in [0, 0.1) is 18.3 Å². The molecule has 0 saturated heterocycles. The van der Waals surface area contributed by atoms with Gasteiger partial charge in [0, 0.05) is 5.56 Å². The van der Waals surface area contributed by atoms with Gasteiger partial charge in [0.15, 0.2) is 0 Å². The minimum absolute atomic E-state index is 0.0489. The summed E-state index contributed by atoms with van der Waals surface area (Å²) in [5.74, 6) is 1.24. The van der Waals surface area contributed by atoms with Crippen molar-refractivity contribution in [3.63, 3.8) is 0 Å². The van der Waals surface area contributed by atoms with Crippen molar-refractivity contribution in [1.82, 2.24) is 0 Å². The fraction of sp³-hybridized carbons (Fsp3) is 0.278. The summed E-state index contributed by atoms with van der Waals surface area (Å²) in [4.78, 5) is 0. The van der Waals surface area contributed by atoms with E-state index in [1.54, 1.807) is 18.2 Å². The zero-order chi connectivity index (χ0) is 15.6. The number of hydrogen-bond donors (Lipinski definition) is 0. The third kappa shape index (κ3) is 3.37. The molecule has 0 aliphatic carbocycles. The van der Waals surface area contributed by atoms with E-state index in [9.17, 15) is 5.26 Å². The molecule has 3 heteroatoms. The van der Waals surface area contributed by atoms with Crippen LogP contribution in [0.4, 0.5) is 0 Å². The van der Waals surface area contributed by atoms with Crippen molar-refractivity contribution in [2.24, 2.45) is 0 Å². The lowest BCUT2D eigenvalue weighted by molar-refractivity contribution is 0.454. The molecule has 2 rings (SSSR count). The summed E-state index contributed by atoms with van der Waals surface area (Å²) in [6.07, 6.45) is 0. The van der Waals surface area contributed by atoms with E-state index in [1.807, 2.05) is 12.1 Å². The quantitative estimate of drug-likeness (QED) is 0.722. The highest BCUT2D eigenvalue weighted by molar-refractivity contribution is 6.31. The molecule has 0 amide bonds. The maximum Gasteiger partial charge on any atom is 0.146 e. The molecular formula is C18H18ClNO. The molecule has 0 spiro atoms. The molecule has 0 saturated carbocycles. The summed E-state index contributed by atoms with van der Waals surface area (Å²) in [6.45, 7) is 8.46. The molecule has 0 aliphatic heterocycles. The van der Waals surface area contributed by atoms with Crippen molar-refractivity contribution in [1.29, 1.82) is 5.26 Å². The smallest absolute Gasteiger partial charge is 0.146 e. The van der Waals surface area contributed by atoms with Gasteiger partial charge in [0.05, 0.1) is 5.02 Å². The summed E-state index contributed by atoms with van der Waals surface area (Å²) in [6, 6.07) is 13.4. The van der Waals surface area contributed by atoms with Gasteiger partial charge in [0.2, 0.25) is 0 Å². The monoisotopic (exact) mass is 299 g/mol. The van der Waals surface area contributed by atoms with Gasteiger partial charge in [-0.3, -0.25) is 0 Å². The summed E-state index contributed by atoms with van der Waals surface area (Å²) >= 11 is 6.05. The van der Waals surface area contributed by atoms with Gasteiger partial charge in [-0.2, -0.15) is 5.26 Å². The largest absolute Gasteiger partial charge is 0.456 e. The number of aryl methyl sites for hydroxylation is 1. The van der Waals surface area contributed by atoms with Crippen LogP contribution in [0.3, 0.4) is 0 Å². The van der Waals surface area contributed by atoms with E-state index in [0.717, 1.165) is 11.3 Å². The first-order chi connectivity index (χ1) is 9.82.